The molecule has 0 aromatic carbocycles. The highest BCUT2D eigenvalue weighted by Gasteiger charge is 1.93. The Labute approximate surface area is 34.0 Å². The van der Waals surface area contributed by atoms with E-state index in [-0.39, 0.29) is 0 Å². The van der Waals surface area contributed by atoms with Gasteiger partial charge in [0.15, 0.2) is 0 Å². The highest BCUT2D eigenvalue weighted by atomic mass is 28.2. The normalized spacial score (nSPS) is 16.0. The summed E-state index contributed by atoms with van der Waals surface area (Å²) in [7, 11) is 1.07. The molecule has 0 saturated carbocycles. The molecule has 0 unspecified atom stereocenters. The number of hydrogen-bond acceptors (Lipinski definition) is 0. The fourth-order valence-electron chi connectivity index (χ4n) is 0.340. The second-order valence-electron chi connectivity index (χ2n) is 1.00. The molecular weight excluding hydrogens is 76.1 g/mol. The van der Waals surface area contributed by atoms with Crippen LogP contribution in [0.15, 0.2) is 12.2 Å². The minimum absolute atomic E-state index is 1.07. The first-order valence-electron chi connectivity index (χ1n) is 1.72. The van der Waals surface area contributed by atoms with Crippen molar-refractivity contribution in [3.63, 3.8) is 0 Å². The Morgan fingerprint density at radius 1 is 1.60 bits per heavy atom. The van der Waals surface area contributed by atoms with E-state index in [0.717, 1.165) is 9.13 Å². The summed E-state index contributed by atoms with van der Waals surface area (Å²) in [6.07, 6.45) is 4.32. The first-order valence-corrected chi connectivity index (χ1v) is 3.00. The molecule has 0 saturated heterocycles. The van der Waals surface area contributed by atoms with Gasteiger partial charge in [-0.3, -0.25) is 0 Å². The van der Waals surface area contributed by atoms with E-state index >= 15 is 0 Å². The highest BCUT2D eigenvalue weighted by molar-refractivity contribution is 6.51. The molecule has 0 aliphatic carbocycles. The molecule has 0 bridgehead atoms. The van der Waals surface area contributed by atoms with E-state index in [9.17, 15) is 0 Å². The van der Waals surface area contributed by atoms with E-state index in [2.05, 4.69) is 17.8 Å². The third-order valence-corrected chi connectivity index (χ3v) is 1.49. The number of rotatable bonds is 0. The predicted octanol–water partition coefficient (Wildman–Crippen LogP) is 0.481. The molecule has 1 heterocycles. The van der Waals surface area contributed by atoms with Gasteiger partial charge >= 0.3 is 9.13 Å². The monoisotopic (exact) mass is 81.0 g/mol. The van der Waals surface area contributed by atoms with Gasteiger partial charge in [-0.15, -0.1) is 0 Å². The second-order valence-corrected chi connectivity index (χ2v) is 2.15. The summed E-state index contributed by atoms with van der Waals surface area (Å²) in [5.74, 6) is 0. The van der Waals surface area contributed by atoms with Crippen molar-refractivity contribution in [2.24, 2.45) is 0 Å². The van der Waals surface area contributed by atoms with E-state index in [0.29, 0.717) is 0 Å². The van der Waals surface area contributed by atoms with Crippen LogP contribution in [0.4, 0.5) is 0 Å². The van der Waals surface area contributed by atoms with Crippen molar-refractivity contribution in [3.05, 3.63) is 12.2 Å². The van der Waals surface area contributed by atoms with Crippen molar-refractivity contribution >= 4 is 14.8 Å². The van der Waals surface area contributed by atoms with Crippen LogP contribution in [0.1, 0.15) is 0 Å². The highest BCUT2D eigenvalue weighted by Crippen LogP contribution is 1.80. The predicted molar refractivity (Wildman–Crippen MR) is 25.8 cm³/mol. The van der Waals surface area contributed by atoms with E-state index in [1.54, 1.807) is 0 Å². The van der Waals surface area contributed by atoms with Crippen LogP contribution < -0.4 is 0 Å². The molecular formula is C4H5Si+. The standard InChI is InChI=1S/C4H5Si/c1-2-4-5-3-1/h1-3H,4H2/q+1. The lowest BCUT2D eigenvalue weighted by Crippen LogP contribution is -1.62. The minimum atomic E-state index is 1.07. The van der Waals surface area contributed by atoms with Gasteiger partial charge in [-0.2, -0.15) is 0 Å². The first kappa shape index (κ1) is 3.03. The molecule has 0 nitrogen and oxygen atoms in total. The molecule has 5 heavy (non-hydrogen) atoms. The van der Waals surface area contributed by atoms with E-state index < -0.39 is 0 Å². The van der Waals surface area contributed by atoms with Crippen molar-refractivity contribution in [3.8, 4) is 0 Å². The molecule has 0 fully saturated rings. The molecule has 0 amide bonds. The Morgan fingerprint density at radius 3 is 2.80 bits per heavy atom. The van der Waals surface area contributed by atoms with Crippen LogP contribution in [-0.4, -0.2) is 14.8 Å². The lowest BCUT2D eigenvalue weighted by molar-refractivity contribution is 1.76. The van der Waals surface area contributed by atoms with Gasteiger partial charge in [0.2, 0.25) is 0 Å². The second kappa shape index (κ2) is 1.31. The molecule has 0 aromatic heterocycles. The van der Waals surface area contributed by atoms with Crippen molar-refractivity contribution in [2.75, 3.05) is 0 Å². The van der Waals surface area contributed by atoms with Gasteiger partial charge < -0.3 is 0 Å². The van der Waals surface area contributed by atoms with Gasteiger partial charge in [0.1, 0.15) is 11.7 Å². The average Bonchev–Trinajstić information content (AvgIpc) is 1.76. The zero-order valence-electron chi connectivity index (χ0n) is 2.94. The molecule has 0 atom stereocenters. The topological polar surface area (TPSA) is 0 Å². The summed E-state index contributed by atoms with van der Waals surface area (Å²) >= 11 is 0. The summed E-state index contributed by atoms with van der Waals surface area (Å²) in [5, 5.41) is 0. The smallest absolute Gasteiger partial charge is 0.0443 e. The molecule has 1 rings (SSSR count). The van der Waals surface area contributed by atoms with Crippen molar-refractivity contribution < 1.29 is 0 Å². The molecule has 0 aromatic rings. The van der Waals surface area contributed by atoms with Crippen molar-refractivity contribution in [1.82, 2.24) is 0 Å². The van der Waals surface area contributed by atoms with E-state index in [4.69, 9.17) is 0 Å². The summed E-state index contributed by atoms with van der Waals surface area (Å²) in [6, 6.07) is 1.29. The van der Waals surface area contributed by atoms with Gasteiger partial charge in [-0.25, -0.2) is 0 Å². The Balaban J connectivity index is 2.61. The molecule has 0 radical (unpaired) electrons. The minimum Gasteiger partial charge on any atom is -0.0443 e. The van der Waals surface area contributed by atoms with E-state index in [1.165, 1.54) is 6.04 Å². The van der Waals surface area contributed by atoms with Gasteiger partial charge in [-0.05, 0) is 12.2 Å². The number of hydrogen-bond donors (Lipinski definition) is 0. The molecule has 1 aliphatic heterocycles. The van der Waals surface area contributed by atoms with Gasteiger partial charge in [0.05, 0.1) is 0 Å². The summed E-state index contributed by atoms with van der Waals surface area (Å²) < 4.78 is 0. The zero-order chi connectivity index (χ0) is 3.54. The maximum absolute atomic E-state index is 2.21. The van der Waals surface area contributed by atoms with Crippen LogP contribution in [-0.2, 0) is 0 Å². The van der Waals surface area contributed by atoms with Crippen LogP contribution >= 0.6 is 0 Å². The summed E-state index contributed by atoms with van der Waals surface area (Å²) in [6.45, 7) is 0. The van der Waals surface area contributed by atoms with Crippen LogP contribution in [0.25, 0.3) is 0 Å². The van der Waals surface area contributed by atoms with Gasteiger partial charge in [0, 0.05) is 0 Å². The number of allylic oxidation sites excluding steroid dienone is 2. The van der Waals surface area contributed by atoms with Crippen LogP contribution in [0.2, 0.25) is 6.04 Å². The lowest BCUT2D eigenvalue weighted by atomic mass is 10.6. The maximum Gasteiger partial charge on any atom is 0.443 e. The Kier molecular flexibility index (Phi) is 0.796. The van der Waals surface area contributed by atoms with Crippen LogP contribution in [0.3, 0.4) is 0 Å². The van der Waals surface area contributed by atoms with Crippen LogP contribution in [0, 0.1) is 0 Å². The zero-order valence-corrected chi connectivity index (χ0v) is 3.94. The third kappa shape index (κ3) is 0.548. The first-order chi connectivity index (χ1) is 2.50. The molecule has 24 valence electrons. The molecule has 1 aliphatic rings. The molecule has 1 heteroatoms. The Morgan fingerprint density at radius 2 is 2.60 bits per heavy atom. The SMILES string of the molecule is C1=CC[Si+]=C1. The molecule has 0 N–H and O–H groups in total. The average molecular weight is 81.2 g/mol. The summed E-state index contributed by atoms with van der Waals surface area (Å²) in [5.41, 5.74) is 2.21. The maximum atomic E-state index is 2.21. The van der Waals surface area contributed by atoms with Crippen LogP contribution in [0.5, 0.6) is 0 Å². The fourth-order valence-corrected chi connectivity index (χ4v) is 1.02. The fraction of sp³-hybridized carbons (Fsp3) is 0.250. The Hall–Kier alpha value is -0.173. The van der Waals surface area contributed by atoms with E-state index in [1.807, 2.05) is 0 Å². The van der Waals surface area contributed by atoms with Gasteiger partial charge in [-0.1, -0.05) is 0 Å². The quantitative estimate of drug-likeness (QED) is 0.372. The van der Waals surface area contributed by atoms with Gasteiger partial charge in [0.25, 0.3) is 0 Å². The van der Waals surface area contributed by atoms with Crippen molar-refractivity contribution in [1.29, 1.82) is 0 Å². The summed E-state index contributed by atoms with van der Waals surface area (Å²) in [4.78, 5) is 0. The third-order valence-electron chi connectivity index (χ3n) is 0.586. The molecule has 0 spiro atoms. The Bertz CT molecular complexity index is 61.7. The largest absolute Gasteiger partial charge is 0.443 e. The van der Waals surface area contributed by atoms with Crippen molar-refractivity contribution in [2.45, 2.75) is 6.04 Å². The lowest BCUT2D eigenvalue weighted by Gasteiger charge is -1.42.